The summed E-state index contributed by atoms with van der Waals surface area (Å²) in [6.07, 6.45) is 1.93. The molecular weight excluding hydrogens is 314 g/mol. The molecule has 1 amide bonds. The smallest absolute Gasteiger partial charge is 0.223 e. The van der Waals surface area contributed by atoms with Gasteiger partial charge in [0, 0.05) is 30.5 Å². The van der Waals surface area contributed by atoms with Crippen LogP contribution in [-0.4, -0.2) is 33.7 Å². The second kappa shape index (κ2) is 6.70. The van der Waals surface area contributed by atoms with Gasteiger partial charge >= 0.3 is 0 Å². The molecule has 0 aliphatic heterocycles. The first-order valence-corrected chi connectivity index (χ1v) is 8.85. The van der Waals surface area contributed by atoms with Crippen LogP contribution in [0.1, 0.15) is 24.3 Å². The second-order valence-electron chi connectivity index (χ2n) is 5.40. The first-order chi connectivity index (χ1) is 10.3. The molecule has 22 heavy (non-hydrogen) atoms. The average Bonchev–Trinajstić information content (AvgIpc) is 3.17. The third-order valence-electron chi connectivity index (χ3n) is 3.51. The normalized spacial score (nSPS) is 20.7. The van der Waals surface area contributed by atoms with Crippen molar-refractivity contribution in [2.75, 3.05) is 19.3 Å². The highest BCUT2D eigenvalue weighted by Crippen LogP contribution is 2.49. The number of amides is 1. The molecule has 5 nitrogen and oxygen atoms in total. The molecule has 0 unspecified atom stereocenters. The van der Waals surface area contributed by atoms with Gasteiger partial charge in [-0.1, -0.05) is 6.07 Å². The summed E-state index contributed by atoms with van der Waals surface area (Å²) in [6.45, 7) is 0.541. The Bertz CT molecular complexity index is 644. The minimum Gasteiger partial charge on any atom is -0.356 e. The predicted octanol–water partition coefficient (Wildman–Crippen LogP) is 1.12. The van der Waals surface area contributed by atoms with Gasteiger partial charge in [0.2, 0.25) is 15.9 Å². The van der Waals surface area contributed by atoms with E-state index in [1.807, 2.05) is 0 Å². The molecule has 1 aliphatic carbocycles. The minimum absolute atomic E-state index is 0.0265. The number of hydrogen-bond donors (Lipinski definition) is 2. The van der Waals surface area contributed by atoms with E-state index in [2.05, 4.69) is 10.0 Å². The maximum absolute atomic E-state index is 13.6. The van der Waals surface area contributed by atoms with E-state index in [1.165, 1.54) is 18.2 Å². The molecule has 2 N–H and O–H groups in total. The molecule has 0 radical (unpaired) electrons. The molecular formula is C14H18F2N2O3S. The zero-order valence-corrected chi connectivity index (χ0v) is 12.9. The Morgan fingerprint density at radius 3 is 2.50 bits per heavy atom. The SMILES string of the molecule is CS(=O)(=O)NCCCNC(=O)[C@H]1C[C@H]1c1c(F)cccc1F. The van der Waals surface area contributed by atoms with Crippen molar-refractivity contribution in [1.29, 1.82) is 0 Å². The fraction of sp³-hybridized carbons (Fsp3) is 0.500. The van der Waals surface area contributed by atoms with Gasteiger partial charge in [-0.3, -0.25) is 4.79 Å². The molecule has 1 saturated carbocycles. The summed E-state index contributed by atoms with van der Waals surface area (Å²) in [6, 6.07) is 3.66. The van der Waals surface area contributed by atoms with E-state index in [-0.39, 0.29) is 18.0 Å². The fourth-order valence-electron chi connectivity index (χ4n) is 2.36. The minimum atomic E-state index is -3.23. The third-order valence-corrected chi connectivity index (χ3v) is 4.24. The molecule has 1 aromatic rings. The molecule has 0 bridgehead atoms. The quantitative estimate of drug-likeness (QED) is 0.735. The van der Waals surface area contributed by atoms with Gasteiger partial charge in [0.25, 0.3) is 0 Å². The van der Waals surface area contributed by atoms with E-state index < -0.39 is 33.5 Å². The summed E-state index contributed by atoms with van der Waals surface area (Å²) in [7, 11) is -3.23. The van der Waals surface area contributed by atoms with Crippen LogP contribution in [0.15, 0.2) is 18.2 Å². The van der Waals surface area contributed by atoms with Crippen LogP contribution in [0.2, 0.25) is 0 Å². The summed E-state index contributed by atoms with van der Waals surface area (Å²) < 4.78 is 51.2. The molecule has 0 saturated heterocycles. The maximum atomic E-state index is 13.6. The predicted molar refractivity (Wildman–Crippen MR) is 77.7 cm³/mol. The number of halogens is 2. The number of carbonyl (C=O) groups is 1. The standard InChI is InChI=1S/C14H18F2N2O3S/c1-22(20,21)18-7-3-6-17-14(19)10-8-9(10)13-11(15)4-2-5-12(13)16/h2,4-5,9-10,18H,3,6-8H2,1H3,(H,17,19)/t9-,10+/m1/s1. The lowest BCUT2D eigenvalue weighted by Crippen LogP contribution is -2.30. The van der Waals surface area contributed by atoms with Crippen molar-refractivity contribution in [3.05, 3.63) is 35.4 Å². The molecule has 0 aromatic heterocycles. The van der Waals surface area contributed by atoms with E-state index >= 15 is 0 Å². The van der Waals surface area contributed by atoms with Gasteiger partial charge in [-0.2, -0.15) is 0 Å². The molecule has 122 valence electrons. The Morgan fingerprint density at radius 2 is 1.91 bits per heavy atom. The number of carbonyl (C=O) groups excluding carboxylic acids is 1. The fourth-order valence-corrected chi connectivity index (χ4v) is 2.87. The largest absolute Gasteiger partial charge is 0.356 e. The first-order valence-electron chi connectivity index (χ1n) is 6.96. The van der Waals surface area contributed by atoms with Crippen LogP contribution >= 0.6 is 0 Å². The van der Waals surface area contributed by atoms with Gasteiger partial charge in [0.15, 0.2) is 0 Å². The van der Waals surface area contributed by atoms with Crippen LogP contribution in [-0.2, 0) is 14.8 Å². The Morgan fingerprint density at radius 1 is 1.27 bits per heavy atom. The van der Waals surface area contributed by atoms with E-state index in [0.717, 1.165) is 6.26 Å². The van der Waals surface area contributed by atoms with E-state index in [9.17, 15) is 22.0 Å². The summed E-state index contributed by atoms with van der Waals surface area (Å²) in [5.74, 6) is -2.35. The van der Waals surface area contributed by atoms with Crippen LogP contribution in [0.25, 0.3) is 0 Å². The molecule has 1 aliphatic rings. The third kappa shape index (κ3) is 4.48. The van der Waals surface area contributed by atoms with Crippen LogP contribution in [0.4, 0.5) is 8.78 Å². The van der Waals surface area contributed by atoms with E-state index in [4.69, 9.17) is 0 Å². The van der Waals surface area contributed by atoms with Gasteiger partial charge in [-0.15, -0.1) is 0 Å². The second-order valence-corrected chi connectivity index (χ2v) is 7.23. The highest BCUT2D eigenvalue weighted by Gasteiger charge is 2.46. The zero-order chi connectivity index (χ0) is 16.3. The Balaban J connectivity index is 1.77. The first kappa shape index (κ1) is 16.8. The average molecular weight is 332 g/mol. The van der Waals surface area contributed by atoms with Crippen molar-refractivity contribution >= 4 is 15.9 Å². The van der Waals surface area contributed by atoms with Gasteiger partial charge < -0.3 is 5.32 Å². The highest BCUT2D eigenvalue weighted by atomic mass is 32.2. The lowest BCUT2D eigenvalue weighted by molar-refractivity contribution is -0.122. The summed E-state index contributed by atoms with van der Waals surface area (Å²) >= 11 is 0. The van der Waals surface area contributed by atoms with Crippen molar-refractivity contribution in [1.82, 2.24) is 10.0 Å². The molecule has 2 rings (SSSR count). The van der Waals surface area contributed by atoms with Crippen molar-refractivity contribution in [2.45, 2.75) is 18.8 Å². The molecule has 8 heteroatoms. The Labute approximate surface area is 128 Å². The number of nitrogens with one attached hydrogen (secondary N) is 2. The zero-order valence-electron chi connectivity index (χ0n) is 12.1. The van der Waals surface area contributed by atoms with Gasteiger partial charge in [-0.05, 0) is 25.0 Å². The molecule has 0 heterocycles. The molecule has 0 spiro atoms. The molecule has 1 aromatic carbocycles. The van der Waals surface area contributed by atoms with Gasteiger partial charge in [-0.25, -0.2) is 21.9 Å². The monoisotopic (exact) mass is 332 g/mol. The van der Waals surface area contributed by atoms with Crippen molar-refractivity contribution in [3.8, 4) is 0 Å². The van der Waals surface area contributed by atoms with Gasteiger partial charge in [0.05, 0.1) is 6.26 Å². The van der Waals surface area contributed by atoms with Crippen molar-refractivity contribution < 1.29 is 22.0 Å². The summed E-state index contributed by atoms with van der Waals surface area (Å²) in [4.78, 5) is 11.9. The van der Waals surface area contributed by atoms with Crippen LogP contribution in [0.5, 0.6) is 0 Å². The highest BCUT2D eigenvalue weighted by molar-refractivity contribution is 7.88. The summed E-state index contributed by atoms with van der Waals surface area (Å²) in [5, 5.41) is 2.65. The summed E-state index contributed by atoms with van der Waals surface area (Å²) in [5.41, 5.74) is -0.0265. The number of rotatable bonds is 7. The number of benzene rings is 1. The van der Waals surface area contributed by atoms with Crippen molar-refractivity contribution in [2.24, 2.45) is 5.92 Å². The number of hydrogen-bond acceptors (Lipinski definition) is 3. The van der Waals surface area contributed by atoms with Crippen LogP contribution in [0.3, 0.4) is 0 Å². The van der Waals surface area contributed by atoms with E-state index in [1.54, 1.807) is 0 Å². The Kier molecular flexibility index (Phi) is 5.12. The molecule has 2 atom stereocenters. The van der Waals surface area contributed by atoms with E-state index in [0.29, 0.717) is 19.4 Å². The lowest BCUT2D eigenvalue weighted by atomic mass is 10.1. The topological polar surface area (TPSA) is 75.3 Å². The number of sulfonamides is 1. The van der Waals surface area contributed by atoms with Gasteiger partial charge in [0.1, 0.15) is 11.6 Å². The molecule has 1 fully saturated rings. The van der Waals surface area contributed by atoms with Crippen LogP contribution in [0, 0.1) is 17.6 Å². The maximum Gasteiger partial charge on any atom is 0.223 e. The lowest BCUT2D eigenvalue weighted by Gasteiger charge is -2.06. The van der Waals surface area contributed by atoms with Crippen LogP contribution < -0.4 is 10.0 Å². The van der Waals surface area contributed by atoms with Crippen molar-refractivity contribution in [3.63, 3.8) is 0 Å². The Hall–Kier alpha value is -1.54.